The number of aliphatic hydroxyl groups is 1. The summed E-state index contributed by atoms with van der Waals surface area (Å²) in [6.45, 7) is 1.24. The van der Waals surface area contributed by atoms with Crippen LogP contribution in [0.3, 0.4) is 0 Å². The van der Waals surface area contributed by atoms with E-state index in [0.29, 0.717) is 31.0 Å². The van der Waals surface area contributed by atoms with Crippen molar-refractivity contribution in [3.63, 3.8) is 0 Å². The number of nitrogen functional groups attached to an aromatic ring is 1. The van der Waals surface area contributed by atoms with Crippen LogP contribution in [0.25, 0.3) is 0 Å². The molecule has 5 heteroatoms. The van der Waals surface area contributed by atoms with Gasteiger partial charge >= 0.3 is 0 Å². The Labute approximate surface area is 120 Å². The lowest BCUT2D eigenvalue weighted by atomic mass is 10.2. The van der Waals surface area contributed by atoms with Crippen molar-refractivity contribution in [2.24, 2.45) is 0 Å². The zero-order valence-corrected chi connectivity index (χ0v) is 11.8. The number of para-hydroxylation sites is 2. The lowest BCUT2D eigenvalue weighted by Crippen LogP contribution is -2.25. The Morgan fingerprint density at radius 1 is 1.20 bits per heavy atom. The van der Waals surface area contributed by atoms with E-state index in [0.717, 1.165) is 25.7 Å². The van der Waals surface area contributed by atoms with Crippen molar-refractivity contribution in [3.05, 3.63) is 24.3 Å². The van der Waals surface area contributed by atoms with Crippen molar-refractivity contribution < 1.29 is 14.6 Å². The maximum absolute atomic E-state index is 11.5. The van der Waals surface area contributed by atoms with Crippen molar-refractivity contribution in [1.29, 1.82) is 0 Å². The molecule has 5 nitrogen and oxygen atoms in total. The van der Waals surface area contributed by atoms with Gasteiger partial charge in [-0.2, -0.15) is 0 Å². The van der Waals surface area contributed by atoms with Gasteiger partial charge in [0.1, 0.15) is 5.75 Å². The Bertz CT molecular complexity index is 396. The van der Waals surface area contributed by atoms with Gasteiger partial charge in [-0.1, -0.05) is 25.0 Å². The van der Waals surface area contributed by atoms with Crippen LogP contribution in [-0.2, 0) is 4.79 Å². The molecule has 0 spiro atoms. The molecule has 0 aliphatic rings. The first kappa shape index (κ1) is 16.3. The minimum atomic E-state index is -0.0124. The van der Waals surface area contributed by atoms with Gasteiger partial charge in [-0.25, -0.2) is 0 Å². The van der Waals surface area contributed by atoms with Gasteiger partial charge in [0.25, 0.3) is 0 Å². The Balaban J connectivity index is 2.04. The van der Waals surface area contributed by atoms with Crippen LogP contribution in [0.2, 0.25) is 0 Å². The van der Waals surface area contributed by atoms with Crippen LogP contribution in [0, 0.1) is 0 Å². The first-order chi connectivity index (χ1) is 9.74. The fraction of sp³-hybridized carbons (Fsp3) is 0.533. The highest BCUT2D eigenvalue weighted by molar-refractivity contribution is 5.75. The molecule has 0 unspecified atom stereocenters. The molecule has 20 heavy (non-hydrogen) atoms. The summed E-state index contributed by atoms with van der Waals surface area (Å²) in [5.74, 6) is 0.603. The third-order valence-corrected chi connectivity index (χ3v) is 2.91. The third-order valence-electron chi connectivity index (χ3n) is 2.91. The van der Waals surface area contributed by atoms with Crippen molar-refractivity contribution in [3.8, 4) is 5.75 Å². The van der Waals surface area contributed by atoms with Crippen LogP contribution in [-0.4, -0.2) is 30.8 Å². The minimum Gasteiger partial charge on any atom is -0.491 e. The molecule has 0 atom stereocenters. The molecule has 112 valence electrons. The molecule has 1 aromatic rings. The Morgan fingerprint density at radius 3 is 2.70 bits per heavy atom. The molecule has 0 bridgehead atoms. The second-order valence-electron chi connectivity index (χ2n) is 4.62. The van der Waals surface area contributed by atoms with Crippen molar-refractivity contribution >= 4 is 11.6 Å². The molecule has 0 saturated carbocycles. The smallest absolute Gasteiger partial charge is 0.223 e. The fourth-order valence-electron chi connectivity index (χ4n) is 1.77. The van der Waals surface area contributed by atoms with Crippen LogP contribution in [0.15, 0.2) is 24.3 Å². The van der Waals surface area contributed by atoms with E-state index < -0.39 is 0 Å². The largest absolute Gasteiger partial charge is 0.491 e. The van der Waals surface area contributed by atoms with Gasteiger partial charge in [0.15, 0.2) is 0 Å². The Morgan fingerprint density at radius 2 is 1.95 bits per heavy atom. The van der Waals surface area contributed by atoms with Gasteiger partial charge in [0.05, 0.1) is 18.7 Å². The molecule has 0 aromatic heterocycles. The van der Waals surface area contributed by atoms with E-state index in [1.54, 1.807) is 12.1 Å². The van der Waals surface area contributed by atoms with Crippen LogP contribution >= 0.6 is 0 Å². The Hall–Kier alpha value is -1.75. The summed E-state index contributed by atoms with van der Waals surface area (Å²) < 4.78 is 5.45. The number of nitrogens with two attached hydrogens (primary N) is 1. The number of hydrogen-bond donors (Lipinski definition) is 3. The third kappa shape index (κ3) is 6.99. The van der Waals surface area contributed by atoms with E-state index in [9.17, 15) is 4.79 Å². The average molecular weight is 280 g/mol. The van der Waals surface area contributed by atoms with E-state index in [4.69, 9.17) is 15.6 Å². The number of nitrogens with one attached hydrogen (secondary N) is 1. The zero-order valence-electron chi connectivity index (χ0n) is 11.8. The molecule has 1 aromatic carbocycles. The van der Waals surface area contributed by atoms with Crippen molar-refractivity contribution in [2.45, 2.75) is 32.1 Å². The molecular formula is C15H24N2O3. The number of ether oxygens (including phenoxy) is 1. The highest BCUT2D eigenvalue weighted by atomic mass is 16.5. The maximum Gasteiger partial charge on any atom is 0.223 e. The fourth-order valence-corrected chi connectivity index (χ4v) is 1.77. The van der Waals surface area contributed by atoms with Gasteiger partial charge in [0, 0.05) is 13.2 Å². The van der Waals surface area contributed by atoms with Gasteiger partial charge < -0.3 is 20.9 Å². The van der Waals surface area contributed by atoms with E-state index in [1.807, 2.05) is 12.1 Å². The first-order valence-electron chi connectivity index (χ1n) is 7.09. The molecule has 0 fully saturated rings. The number of amides is 1. The van der Waals surface area contributed by atoms with Crippen molar-refractivity contribution in [1.82, 2.24) is 5.32 Å². The summed E-state index contributed by atoms with van der Waals surface area (Å²) in [5.41, 5.74) is 6.31. The van der Waals surface area contributed by atoms with Crippen LogP contribution in [0.1, 0.15) is 32.1 Å². The number of carbonyl (C=O) groups is 1. The monoisotopic (exact) mass is 280 g/mol. The number of unbranched alkanes of at least 4 members (excludes halogenated alkanes) is 3. The first-order valence-corrected chi connectivity index (χ1v) is 7.09. The van der Waals surface area contributed by atoms with Crippen LogP contribution in [0.4, 0.5) is 5.69 Å². The number of benzene rings is 1. The maximum atomic E-state index is 11.5. The summed E-state index contributed by atoms with van der Waals surface area (Å²) >= 11 is 0. The van der Waals surface area contributed by atoms with Crippen LogP contribution in [0.5, 0.6) is 5.75 Å². The highest BCUT2D eigenvalue weighted by Gasteiger charge is 2.03. The summed E-state index contributed by atoms with van der Waals surface area (Å²) in [6, 6.07) is 7.24. The normalized spacial score (nSPS) is 10.2. The molecule has 0 radical (unpaired) electrons. The number of rotatable bonds is 10. The molecule has 0 heterocycles. The number of anilines is 1. The van der Waals surface area contributed by atoms with Crippen molar-refractivity contribution in [2.75, 3.05) is 25.5 Å². The molecular weight excluding hydrogens is 256 g/mol. The Kier molecular flexibility index (Phi) is 8.22. The number of aliphatic hydroxyl groups excluding tert-OH is 1. The van der Waals surface area contributed by atoms with Crippen LogP contribution < -0.4 is 15.8 Å². The van der Waals surface area contributed by atoms with E-state index in [-0.39, 0.29) is 12.5 Å². The second-order valence-corrected chi connectivity index (χ2v) is 4.62. The zero-order chi connectivity index (χ0) is 14.6. The quantitative estimate of drug-likeness (QED) is 0.450. The topological polar surface area (TPSA) is 84.6 Å². The standard InChI is InChI=1S/C15H24N2O3/c16-13-7-3-4-8-14(13)20-12-9-15(19)17-10-5-1-2-6-11-18/h3-4,7-8,18H,1-2,5-6,9-12,16H2,(H,17,19). The number of carbonyl (C=O) groups excluding carboxylic acids is 1. The van der Waals surface area contributed by atoms with Gasteiger partial charge in [-0.15, -0.1) is 0 Å². The van der Waals surface area contributed by atoms with Gasteiger partial charge in [-0.3, -0.25) is 4.79 Å². The summed E-state index contributed by atoms with van der Waals surface area (Å²) in [6.07, 6.45) is 4.13. The number of hydrogen-bond acceptors (Lipinski definition) is 4. The molecule has 0 aliphatic carbocycles. The van der Waals surface area contributed by atoms with Gasteiger partial charge in [0.2, 0.25) is 5.91 Å². The van der Waals surface area contributed by atoms with E-state index in [1.165, 1.54) is 0 Å². The molecule has 1 rings (SSSR count). The van der Waals surface area contributed by atoms with E-state index >= 15 is 0 Å². The summed E-state index contributed by atoms with van der Waals surface area (Å²) in [5, 5.41) is 11.5. The molecule has 1 amide bonds. The highest BCUT2D eigenvalue weighted by Crippen LogP contribution is 2.19. The SMILES string of the molecule is Nc1ccccc1OCCC(=O)NCCCCCCO. The lowest BCUT2D eigenvalue weighted by molar-refractivity contribution is -0.121. The summed E-state index contributed by atoms with van der Waals surface area (Å²) in [4.78, 5) is 11.5. The predicted molar refractivity (Wildman–Crippen MR) is 79.5 cm³/mol. The lowest BCUT2D eigenvalue weighted by Gasteiger charge is -2.09. The molecule has 4 N–H and O–H groups in total. The molecule has 0 aliphatic heterocycles. The predicted octanol–water partition coefficient (Wildman–Crippen LogP) is 1.71. The molecule has 0 saturated heterocycles. The second kappa shape index (κ2) is 10.1. The van der Waals surface area contributed by atoms with E-state index in [2.05, 4.69) is 5.32 Å². The average Bonchev–Trinajstić information content (AvgIpc) is 2.45. The van der Waals surface area contributed by atoms with Gasteiger partial charge in [-0.05, 0) is 25.0 Å². The summed E-state index contributed by atoms with van der Waals surface area (Å²) in [7, 11) is 0. The minimum absolute atomic E-state index is 0.0124.